The average Bonchev–Trinajstić information content (AvgIpc) is 2.69. The molecule has 0 bridgehead atoms. The Morgan fingerprint density at radius 2 is 1.73 bits per heavy atom. The van der Waals surface area contributed by atoms with Crippen LogP contribution in [-0.4, -0.2) is 20.9 Å². The number of sulfonamides is 1. The number of hydrogen-bond donors (Lipinski definition) is 2. The van der Waals surface area contributed by atoms with Crippen molar-refractivity contribution >= 4 is 38.9 Å². The van der Waals surface area contributed by atoms with Crippen molar-refractivity contribution in [3.63, 3.8) is 0 Å². The van der Waals surface area contributed by atoms with E-state index < -0.39 is 15.9 Å². The summed E-state index contributed by atoms with van der Waals surface area (Å²) in [6.07, 6.45) is 0. The molecule has 8 heteroatoms. The van der Waals surface area contributed by atoms with E-state index in [4.69, 9.17) is 16.3 Å². The standard InChI is InChI=1S/C22H21ClN2O4S/c1-3-29-19-10-8-17(9-11-19)24-22(26)16-7-12-20(23)21(14-16)30(27,28)25-18-6-4-5-15(2)13-18/h4-14,25H,3H2,1-2H3,(H,24,26). The van der Waals surface area contributed by atoms with E-state index in [9.17, 15) is 13.2 Å². The minimum absolute atomic E-state index is 0.0211. The van der Waals surface area contributed by atoms with E-state index in [0.717, 1.165) is 5.56 Å². The predicted molar refractivity (Wildman–Crippen MR) is 119 cm³/mol. The maximum atomic E-state index is 12.8. The summed E-state index contributed by atoms with van der Waals surface area (Å²) in [5, 5.41) is 2.75. The van der Waals surface area contributed by atoms with Crippen molar-refractivity contribution in [2.75, 3.05) is 16.6 Å². The molecule has 30 heavy (non-hydrogen) atoms. The first-order valence-corrected chi connectivity index (χ1v) is 11.1. The highest BCUT2D eigenvalue weighted by atomic mass is 35.5. The van der Waals surface area contributed by atoms with Crippen LogP contribution < -0.4 is 14.8 Å². The molecule has 0 heterocycles. The van der Waals surface area contributed by atoms with E-state index in [-0.39, 0.29) is 15.5 Å². The average molecular weight is 445 g/mol. The third kappa shape index (κ3) is 5.31. The Balaban J connectivity index is 1.82. The van der Waals surface area contributed by atoms with Crippen molar-refractivity contribution in [3.05, 3.63) is 82.9 Å². The van der Waals surface area contributed by atoms with Crippen LogP contribution in [0.5, 0.6) is 5.75 Å². The lowest BCUT2D eigenvalue weighted by atomic mass is 10.2. The Hall–Kier alpha value is -3.03. The zero-order chi connectivity index (χ0) is 21.7. The molecular formula is C22H21ClN2O4S. The minimum Gasteiger partial charge on any atom is -0.494 e. The van der Waals surface area contributed by atoms with Crippen molar-refractivity contribution in [1.82, 2.24) is 0 Å². The van der Waals surface area contributed by atoms with Gasteiger partial charge in [-0.1, -0.05) is 23.7 Å². The topological polar surface area (TPSA) is 84.5 Å². The molecule has 0 unspecified atom stereocenters. The first kappa shape index (κ1) is 21.7. The molecule has 6 nitrogen and oxygen atoms in total. The van der Waals surface area contributed by atoms with Crippen LogP contribution >= 0.6 is 11.6 Å². The van der Waals surface area contributed by atoms with Gasteiger partial charge in [0, 0.05) is 16.9 Å². The Morgan fingerprint density at radius 1 is 1.00 bits per heavy atom. The largest absolute Gasteiger partial charge is 0.494 e. The van der Waals surface area contributed by atoms with E-state index >= 15 is 0 Å². The molecule has 0 saturated heterocycles. The monoisotopic (exact) mass is 444 g/mol. The number of nitrogens with one attached hydrogen (secondary N) is 2. The number of anilines is 2. The summed E-state index contributed by atoms with van der Waals surface area (Å²) in [5.74, 6) is 0.237. The second kappa shape index (κ2) is 9.19. The van der Waals surface area contributed by atoms with Crippen LogP contribution in [0.1, 0.15) is 22.8 Å². The van der Waals surface area contributed by atoms with E-state index in [1.165, 1.54) is 18.2 Å². The van der Waals surface area contributed by atoms with Gasteiger partial charge in [0.05, 0.1) is 11.6 Å². The molecule has 0 fully saturated rings. The fourth-order valence-electron chi connectivity index (χ4n) is 2.77. The summed E-state index contributed by atoms with van der Waals surface area (Å²) >= 11 is 6.13. The van der Waals surface area contributed by atoms with E-state index in [1.54, 1.807) is 42.5 Å². The van der Waals surface area contributed by atoms with Crippen LogP contribution in [-0.2, 0) is 10.0 Å². The SMILES string of the molecule is CCOc1ccc(NC(=O)c2ccc(Cl)c(S(=O)(=O)Nc3cccc(C)c3)c2)cc1. The molecule has 3 rings (SSSR count). The van der Waals surface area contributed by atoms with E-state index in [0.29, 0.717) is 23.7 Å². The molecule has 3 aromatic rings. The summed E-state index contributed by atoms with van der Waals surface area (Å²) in [4.78, 5) is 12.4. The van der Waals surface area contributed by atoms with Crippen LogP contribution in [0.15, 0.2) is 71.6 Å². The van der Waals surface area contributed by atoms with E-state index in [2.05, 4.69) is 10.0 Å². The van der Waals surface area contributed by atoms with Gasteiger partial charge in [0.15, 0.2) is 0 Å². The number of carbonyl (C=O) groups is 1. The Kier molecular flexibility index (Phi) is 6.64. The maximum Gasteiger partial charge on any atom is 0.263 e. The van der Waals surface area contributed by atoms with Crippen molar-refractivity contribution in [1.29, 1.82) is 0 Å². The lowest BCUT2D eigenvalue weighted by Crippen LogP contribution is -2.16. The number of rotatable bonds is 7. The molecule has 0 aliphatic heterocycles. The first-order chi connectivity index (χ1) is 14.3. The molecule has 0 aliphatic carbocycles. The third-order valence-corrected chi connectivity index (χ3v) is 6.04. The van der Waals surface area contributed by atoms with E-state index in [1.807, 2.05) is 19.9 Å². The van der Waals surface area contributed by atoms with Gasteiger partial charge in [0.2, 0.25) is 0 Å². The van der Waals surface area contributed by atoms with Gasteiger partial charge >= 0.3 is 0 Å². The summed E-state index contributed by atoms with van der Waals surface area (Å²) in [5.41, 5.74) is 2.04. The van der Waals surface area contributed by atoms with Gasteiger partial charge in [0.25, 0.3) is 15.9 Å². The first-order valence-electron chi connectivity index (χ1n) is 9.22. The summed E-state index contributed by atoms with van der Waals surface area (Å²) in [7, 11) is -3.98. The van der Waals surface area contributed by atoms with Gasteiger partial charge in [-0.25, -0.2) is 8.42 Å². The van der Waals surface area contributed by atoms with Crippen LogP contribution in [0.3, 0.4) is 0 Å². The molecule has 0 aliphatic rings. The molecule has 1 amide bonds. The molecule has 0 atom stereocenters. The zero-order valence-electron chi connectivity index (χ0n) is 16.5. The second-order valence-corrected chi connectivity index (χ2v) is 8.59. The van der Waals surface area contributed by atoms with Crippen LogP contribution in [0.4, 0.5) is 11.4 Å². The molecule has 0 spiro atoms. The number of ether oxygens (including phenoxy) is 1. The molecule has 3 aromatic carbocycles. The highest BCUT2D eigenvalue weighted by Crippen LogP contribution is 2.26. The summed E-state index contributed by atoms with van der Waals surface area (Å²) < 4.78 is 33.5. The van der Waals surface area contributed by atoms with Gasteiger partial charge in [-0.05, 0) is 74.0 Å². The van der Waals surface area contributed by atoms with Gasteiger partial charge in [-0.2, -0.15) is 0 Å². The third-order valence-electron chi connectivity index (χ3n) is 4.18. The predicted octanol–water partition coefficient (Wildman–Crippen LogP) is 5.10. The maximum absolute atomic E-state index is 12.8. The van der Waals surface area contributed by atoms with Crippen LogP contribution in [0, 0.1) is 6.92 Å². The fourth-order valence-corrected chi connectivity index (χ4v) is 4.35. The van der Waals surface area contributed by atoms with Crippen LogP contribution in [0.2, 0.25) is 5.02 Å². The normalized spacial score (nSPS) is 11.0. The number of hydrogen-bond acceptors (Lipinski definition) is 4. The molecule has 0 saturated carbocycles. The van der Waals surface area contributed by atoms with Gasteiger partial charge in [-0.15, -0.1) is 0 Å². The number of aryl methyl sites for hydroxylation is 1. The Labute approximate surface area is 180 Å². The van der Waals surface area contributed by atoms with Crippen molar-refractivity contribution in [2.24, 2.45) is 0 Å². The van der Waals surface area contributed by atoms with Gasteiger partial charge < -0.3 is 10.1 Å². The molecule has 0 radical (unpaired) electrons. The highest BCUT2D eigenvalue weighted by Gasteiger charge is 2.20. The second-order valence-electron chi connectivity index (χ2n) is 6.53. The van der Waals surface area contributed by atoms with Crippen LogP contribution in [0.25, 0.3) is 0 Å². The molecular weight excluding hydrogens is 424 g/mol. The van der Waals surface area contributed by atoms with Crippen molar-refractivity contribution in [2.45, 2.75) is 18.7 Å². The summed E-state index contributed by atoms with van der Waals surface area (Å²) in [6.45, 7) is 4.29. The van der Waals surface area contributed by atoms with Gasteiger partial charge in [0.1, 0.15) is 10.6 Å². The molecule has 2 N–H and O–H groups in total. The number of amides is 1. The molecule has 0 aromatic heterocycles. The highest BCUT2D eigenvalue weighted by molar-refractivity contribution is 7.92. The zero-order valence-corrected chi connectivity index (χ0v) is 18.0. The Bertz CT molecular complexity index is 1160. The minimum atomic E-state index is -3.98. The van der Waals surface area contributed by atoms with Crippen molar-refractivity contribution in [3.8, 4) is 5.75 Å². The Morgan fingerprint density at radius 3 is 2.40 bits per heavy atom. The van der Waals surface area contributed by atoms with Gasteiger partial charge in [-0.3, -0.25) is 9.52 Å². The molecule has 156 valence electrons. The number of benzene rings is 3. The fraction of sp³-hybridized carbons (Fsp3) is 0.136. The van der Waals surface area contributed by atoms with Crippen molar-refractivity contribution < 1.29 is 17.9 Å². The lowest BCUT2D eigenvalue weighted by Gasteiger charge is -2.12. The quantitative estimate of drug-likeness (QED) is 0.531. The lowest BCUT2D eigenvalue weighted by molar-refractivity contribution is 0.102. The summed E-state index contributed by atoms with van der Waals surface area (Å²) in [6, 6.07) is 17.9. The number of carbonyl (C=O) groups excluding carboxylic acids is 1. The smallest absolute Gasteiger partial charge is 0.263 e. The number of halogens is 1.